The normalized spacial score (nSPS) is 19.2. The molecule has 0 bridgehead atoms. The molecule has 272 valence electrons. The highest BCUT2D eigenvalue weighted by atomic mass is 16.6. The molecule has 5 N–H and O–H groups in total. The lowest BCUT2D eigenvalue weighted by Crippen LogP contribution is -2.50. The Morgan fingerprint density at radius 3 is 2.00 bits per heavy atom. The minimum atomic E-state index is -1.68. The van der Waals surface area contributed by atoms with Crippen molar-refractivity contribution < 1.29 is 38.7 Å². The molecule has 4 aromatic carbocycles. The van der Waals surface area contributed by atoms with E-state index in [0.717, 1.165) is 0 Å². The third-order valence-corrected chi connectivity index (χ3v) is 9.22. The fourth-order valence-electron chi connectivity index (χ4n) is 6.58. The highest BCUT2D eigenvalue weighted by molar-refractivity contribution is 5.85. The third kappa shape index (κ3) is 6.71. The molecule has 0 spiro atoms. The molecule has 1 aliphatic rings. The van der Waals surface area contributed by atoms with Crippen LogP contribution < -0.4 is 25.5 Å². The molecule has 2 aromatic heterocycles. The summed E-state index contributed by atoms with van der Waals surface area (Å²) in [6.45, 7) is -0.473. The Balaban J connectivity index is 1.38. The molecule has 0 amide bonds. The maximum absolute atomic E-state index is 14.6. The number of aliphatic hydroxyl groups excluding tert-OH is 2. The number of nitrogens with one attached hydrogen (secondary N) is 1. The van der Waals surface area contributed by atoms with E-state index in [1.54, 1.807) is 62.8 Å². The van der Waals surface area contributed by atoms with Gasteiger partial charge in [-0.1, -0.05) is 72.8 Å². The lowest BCUT2D eigenvalue weighted by molar-refractivity contribution is -0.167. The predicted octanol–water partition coefficient (Wildman–Crippen LogP) is 3.36. The van der Waals surface area contributed by atoms with Crippen LogP contribution in [0.1, 0.15) is 22.9 Å². The number of Topliss-reactive ketones (excluding diaryl/α,β-unsaturated/α-hetero) is 1. The van der Waals surface area contributed by atoms with Crippen molar-refractivity contribution in [2.45, 2.75) is 36.2 Å². The van der Waals surface area contributed by atoms with Crippen LogP contribution in [-0.4, -0.2) is 80.8 Å². The average molecular weight is 720 g/mol. The Morgan fingerprint density at radius 2 is 1.42 bits per heavy atom. The lowest BCUT2D eigenvalue weighted by atomic mass is 9.79. The van der Waals surface area contributed by atoms with Gasteiger partial charge < -0.3 is 39.6 Å². The van der Waals surface area contributed by atoms with Gasteiger partial charge in [-0.3, -0.25) is 19.1 Å². The van der Waals surface area contributed by atoms with Gasteiger partial charge in [-0.2, -0.15) is 4.98 Å². The first-order valence-electron chi connectivity index (χ1n) is 16.7. The van der Waals surface area contributed by atoms with E-state index in [1.165, 1.54) is 10.9 Å². The predicted molar refractivity (Wildman–Crippen MR) is 193 cm³/mol. The number of fused-ring (bicyclic) bond motifs is 1. The largest absolute Gasteiger partial charge is 0.497 e. The van der Waals surface area contributed by atoms with Crippen LogP contribution in [0.5, 0.6) is 17.2 Å². The van der Waals surface area contributed by atoms with Crippen molar-refractivity contribution in [2.75, 3.05) is 26.6 Å². The summed E-state index contributed by atoms with van der Waals surface area (Å²) >= 11 is 0. The first kappa shape index (κ1) is 35.3. The number of aliphatic hydroxyl groups is 2. The maximum atomic E-state index is 14.6. The lowest BCUT2D eigenvalue weighted by Gasteiger charge is -2.40. The SMILES string of the molecule is COc1ccc(C(OC(C(=O)COc2ccccc2)[C@H]2O[C@@H](n3cnc4c(=O)[nH]c(N)nc43)[C@H](O)[C@@H]2O)(c2ccccc2)c2ccc(OC)cc2)cc1. The number of hydrogen-bond acceptors (Lipinski definition) is 12. The van der Waals surface area contributed by atoms with Gasteiger partial charge in [0.1, 0.15) is 47.8 Å². The number of hydrogen-bond donors (Lipinski definition) is 4. The van der Waals surface area contributed by atoms with Gasteiger partial charge in [0, 0.05) is 0 Å². The summed E-state index contributed by atoms with van der Waals surface area (Å²) in [5, 5.41) is 23.2. The number of carbonyl (C=O) groups is 1. The zero-order valence-corrected chi connectivity index (χ0v) is 28.7. The van der Waals surface area contributed by atoms with Crippen LogP contribution in [0, 0.1) is 0 Å². The molecule has 1 aliphatic heterocycles. The van der Waals surface area contributed by atoms with Gasteiger partial charge >= 0.3 is 0 Å². The second-order valence-electron chi connectivity index (χ2n) is 12.4. The topological polar surface area (TPSA) is 193 Å². The minimum Gasteiger partial charge on any atom is -0.497 e. The Kier molecular flexibility index (Phi) is 9.93. The van der Waals surface area contributed by atoms with E-state index in [-0.39, 0.29) is 17.1 Å². The van der Waals surface area contributed by atoms with E-state index in [1.807, 2.05) is 60.7 Å². The number of carbonyl (C=O) groups excluding carboxylic acids is 1. The Bertz CT molecular complexity index is 2180. The molecule has 5 atom stereocenters. The molecule has 0 aliphatic carbocycles. The summed E-state index contributed by atoms with van der Waals surface area (Å²) in [6.07, 6.45) is -6.46. The standard InChI is InChI=1S/C39H37N5O9/c1-49-26-17-13-24(14-18-26)39(23-9-5-3-6-10-23,25-15-19-27(50-2)20-16-25)53-33(29(45)21-51-28-11-7-4-8-12-28)34-31(46)32(47)37(52-34)44-22-41-30-35(44)42-38(40)43-36(30)48/h3-20,22,31-34,37,46-47H,21H2,1-2H3,(H3,40,42,43,48)/t31-,32+,33?,34-,37+/m0/s1. The highest BCUT2D eigenvalue weighted by Crippen LogP contribution is 2.45. The summed E-state index contributed by atoms with van der Waals surface area (Å²) in [5.41, 5.74) is 5.51. The smallest absolute Gasteiger partial charge is 0.280 e. The average Bonchev–Trinajstić information content (AvgIpc) is 3.75. The van der Waals surface area contributed by atoms with Crippen LogP contribution >= 0.6 is 0 Å². The Morgan fingerprint density at radius 1 is 0.849 bits per heavy atom. The summed E-state index contributed by atoms with van der Waals surface area (Å²) in [5.74, 6) is 0.840. The van der Waals surface area contributed by atoms with Crippen molar-refractivity contribution >= 4 is 22.9 Å². The summed E-state index contributed by atoms with van der Waals surface area (Å²) in [6, 6.07) is 32.5. The number of aromatic nitrogens is 4. The molecule has 1 unspecified atom stereocenters. The molecular weight excluding hydrogens is 682 g/mol. The minimum absolute atomic E-state index is 0.00875. The molecule has 0 saturated carbocycles. The maximum Gasteiger partial charge on any atom is 0.280 e. The molecule has 1 fully saturated rings. The molecular formula is C39H37N5O9. The zero-order chi connectivity index (χ0) is 37.1. The number of nitrogens with zero attached hydrogens (tertiary/aromatic N) is 3. The number of imidazole rings is 1. The van der Waals surface area contributed by atoms with E-state index >= 15 is 0 Å². The number of rotatable bonds is 13. The van der Waals surface area contributed by atoms with Crippen LogP contribution in [0.2, 0.25) is 0 Å². The quantitative estimate of drug-likeness (QED) is 0.127. The van der Waals surface area contributed by atoms with Gasteiger partial charge in [-0.15, -0.1) is 0 Å². The number of anilines is 1. The van der Waals surface area contributed by atoms with E-state index in [2.05, 4.69) is 15.0 Å². The monoisotopic (exact) mass is 719 g/mol. The first-order chi connectivity index (χ1) is 25.7. The van der Waals surface area contributed by atoms with Crippen molar-refractivity contribution in [3.63, 3.8) is 0 Å². The van der Waals surface area contributed by atoms with Gasteiger partial charge in [0.25, 0.3) is 5.56 Å². The third-order valence-electron chi connectivity index (χ3n) is 9.22. The van der Waals surface area contributed by atoms with Crippen LogP contribution in [0.15, 0.2) is 120 Å². The van der Waals surface area contributed by atoms with Crippen molar-refractivity contribution in [2.24, 2.45) is 0 Å². The molecule has 53 heavy (non-hydrogen) atoms. The molecule has 14 nitrogen and oxygen atoms in total. The molecule has 7 rings (SSSR count). The highest BCUT2D eigenvalue weighted by Gasteiger charge is 2.53. The van der Waals surface area contributed by atoms with Crippen molar-refractivity contribution in [3.05, 3.63) is 143 Å². The molecule has 6 aromatic rings. The van der Waals surface area contributed by atoms with Crippen LogP contribution in [-0.2, 0) is 19.9 Å². The van der Waals surface area contributed by atoms with E-state index in [9.17, 15) is 19.8 Å². The number of aromatic amines is 1. The van der Waals surface area contributed by atoms with Crippen LogP contribution in [0.3, 0.4) is 0 Å². The van der Waals surface area contributed by atoms with E-state index < -0.39 is 54.2 Å². The number of ketones is 1. The van der Waals surface area contributed by atoms with Crippen LogP contribution in [0.4, 0.5) is 5.95 Å². The van der Waals surface area contributed by atoms with Gasteiger partial charge in [0.15, 0.2) is 23.5 Å². The van der Waals surface area contributed by atoms with Gasteiger partial charge in [0.2, 0.25) is 11.7 Å². The van der Waals surface area contributed by atoms with E-state index in [4.69, 9.17) is 29.4 Å². The van der Waals surface area contributed by atoms with E-state index in [0.29, 0.717) is 33.9 Å². The second kappa shape index (κ2) is 14.9. The molecule has 3 heterocycles. The van der Waals surface area contributed by atoms with Gasteiger partial charge in [0.05, 0.1) is 20.5 Å². The molecule has 14 heteroatoms. The number of nitrogen functional groups attached to an aromatic ring is 1. The first-order valence-corrected chi connectivity index (χ1v) is 16.7. The number of nitrogens with two attached hydrogens (primary N) is 1. The zero-order valence-electron chi connectivity index (χ0n) is 28.7. The summed E-state index contributed by atoms with van der Waals surface area (Å²) < 4.78 is 31.7. The van der Waals surface area contributed by atoms with Gasteiger partial charge in [-0.25, -0.2) is 4.98 Å². The number of ether oxygens (including phenoxy) is 5. The number of methoxy groups -OCH3 is 2. The number of benzene rings is 4. The molecule has 1 saturated heterocycles. The Hall–Kier alpha value is -6.06. The second-order valence-corrected chi connectivity index (χ2v) is 12.4. The van der Waals surface area contributed by atoms with Crippen LogP contribution in [0.25, 0.3) is 11.2 Å². The fraction of sp³-hybridized carbons (Fsp3) is 0.231. The van der Waals surface area contributed by atoms with Crippen molar-refractivity contribution in [1.29, 1.82) is 0 Å². The molecule has 0 radical (unpaired) electrons. The number of H-pyrrole nitrogens is 1. The summed E-state index contributed by atoms with van der Waals surface area (Å²) in [4.78, 5) is 37.8. The van der Waals surface area contributed by atoms with Crippen molar-refractivity contribution in [3.8, 4) is 17.2 Å². The van der Waals surface area contributed by atoms with Gasteiger partial charge in [-0.05, 0) is 53.1 Å². The van der Waals surface area contributed by atoms with Crippen molar-refractivity contribution in [1.82, 2.24) is 19.5 Å². The summed E-state index contributed by atoms with van der Waals surface area (Å²) in [7, 11) is 3.12. The number of para-hydroxylation sites is 1. The Labute approximate surface area is 303 Å². The fourth-order valence-corrected chi connectivity index (χ4v) is 6.58.